The van der Waals surface area contributed by atoms with E-state index in [0.29, 0.717) is 11.4 Å². The van der Waals surface area contributed by atoms with Crippen molar-refractivity contribution in [3.8, 4) is 5.88 Å². The van der Waals surface area contributed by atoms with Gasteiger partial charge in [-0.2, -0.15) is 0 Å². The Bertz CT molecular complexity index is 613. The Morgan fingerprint density at radius 2 is 2.10 bits per heavy atom. The van der Waals surface area contributed by atoms with Crippen LogP contribution < -0.4 is 4.74 Å². The van der Waals surface area contributed by atoms with Crippen molar-refractivity contribution < 1.29 is 9.53 Å². The van der Waals surface area contributed by atoms with Crippen LogP contribution in [0.2, 0.25) is 0 Å². The number of pyridine rings is 2. The molecule has 0 radical (unpaired) electrons. The van der Waals surface area contributed by atoms with Gasteiger partial charge in [0.2, 0.25) is 5.88 Å². The zero-order valence-corrected chi connectivity index (χ0v) is 11.9. The third kappa shape index (κ3) is 2.72. The third-order valence-electron chi connectivity index (χ3n) is 3.80. The number of nitrogens with zero attached hydrogens (tertiary/aromatic N) is 3. The first kappa shape index (κ1) is 13.5. The van der Waals surface area contributed by atoms with Gasteiger partial charge in [0.05, 0.1) is 18.7 Å². The average molecular weight is 283 g/mol. The number of hydrogen-bond donors (Lipinski definition) is 0. The molecule has 0 N–H and O–H groups in total. The fraction of sp³-hybridized carbons (Fsp3) is 0.312. The van der Waals surface area contributed by atoms with Crippen LogP contribution in [0.3, 0.4) is 0 Å². The van der Waals surface area contributed by atoms with Gasteiger partial charge in [-0.15, -0.1) is 0 Å². The smallest absolute Gasteiger partial charge is 0.255 e. The Hall–Kier alpha value is -2.43. The van der Waals surface area contributed by atoms with E-state index in [1.165, 1.54) is 0 Å². The maximum Gasteiger partial charge on any atom is 0.255 e. The van der Waals surface area contributed by atoms with Crippen molar-refractivity contribution >= 4 is 5.91 Å². The topological polar surface area (TPSA) is 55.3 Å². The SMILES string of the molecule is COc1ccc(C(=O)N2CCC[C@@H]2c2ccncc2)cn1. The molecule has 5 heteroatoms. The second-order valence-electron chi connectivity index (χ2n) is 5.03. The van der Waals surface area contributed by atoms with Gasteiger partial charge in [0, 0.05) is 31.2 Å². The summed E-state index contributed by atoms with van der Waals surface area (Å²) in [6.45, 7) is 0.776. The van der Waals surface area contributed by atoms with E-state index in [9.17, 15) is 4.79 Å². The van der Waals surface area contributed by atoms with Crippen molar-refractivity contribution in [2.75, 3.05) is 13.7 Å². The lowest BCUT2D eigenvalue weighted by Gasteiger charge is -2.25. The highest BCUT2D eigenvalue weighted by atomic mass is 16.5. The molecule has 0 aliphatic carbocycles. The zero-order chi connectivity index (χ0) is 14.7. The van der Waals surface area contributed by atoms with E-state index < -0.39 is 0 Å². The molecule has 5 nitrogen and oxygen atoms in total. The van der Waals surface area contributed by atoms with Gasteiger partial charge in [0.1, 0.15) is 0 Å². The first-order chi connectivity index (χ1) is 10.3. The zero-order valence-electron chi connectivity index (χ0n) is 11.9. The molecule has 1 fully saturated rings. The minimum absolute atomic E-state index is 0.0180. The summed E-state index contributed by atoms with van der Waals surface area (Å²) in [5.41, 5.74) is 1.73. The van der Waals surface area contributed by atoms with Crippen LogP contribution >= 0.6 is 0 Å². The summed E-state index contributed by atoms with van der Waals surface area (Å²) in [7, 11) is 1.56. The summed E-state index contributed by atoms with van der Waals surface area (Å²) >= 11 is 0. The van der Waals surface area contributed by atoms with Gasteiger partial charge < -0.3 is 9.64 Å². The van der Waals surface area contributed by atoms with Crippen LogP contribution in [0.4, 0.5) is 0 Å². The summed E-state index contributed by atoms with van der Waals surface area (Å²) in [6.07, 6.45) is 7.11. The van der Waals surface area contributed by atoms with Crippen molar-refractivity contribution in [3.63, 3.8) is 0 Å². The highest BCUT2D eigenvalue weighted by molar-refractivity contribution is 5.94. The van der Waals surface area contributed by atoms with Crippen LogP contribution in [-0.2, 0) is 0 Å². The fourth-order valence-electron chi connectivity index (χ4n) is 2.74. The fourth-order valence-corrected chi connectivity index (χ4v) is 2.74. The lowest BCUT2D eigenvalue weighted by Crippen LogP contribution is -2.30. The normalized spacial score (nSPS) is 17.8. The first-order valence-electron chi connectivity index (χ1n) is 7.00. The molecule has 108 valence electrons. The molecule has 1 aliphatic heterocycles. The van der Waals surface area contributed by atoms with Gasteiger partial charge in [-0.1, -0.05) is 0 Å². The molecule has 0 unspecified atom stereocenters. The van der Waals surface area contributed by atoms with Crippen LogP contribution in [0.25, 0.3) is 0 Å². The molecular weight excluding hydrogens is 266 g/mol. The van der Waals surface area contributed by atoms with Crippen LogP contribution in [0.5, 0.6) is 5.88 Å². The molecule has 3 heterocycles. The molecule has 2 aromatic rings. The van der Waals surface area contributed by atoms with E-state index in [1.807, 2.05) is 17.0 Å². The number of carbonyl (C=O) groups excluding carboxylic acids is 1. The first-order valence-corrected chi connectivity index (χ1v) is 7.00. The standard InChI is InChI=1S/C16H17N3O2/c1-21-15-5-4-13(11-18-15)16(20)19-10-2-3-14(19)12-6-8-17-9-7-12/h4-9,11,14H,2-3,10H2,1H3/t14-/m1/s1. The highest BCUT2D eigenvalue weighted by Crippen LogP contribution is 2.32. The number of carbonyl (C=O) groups is 1. The molecule has 21 heavy (non-hydrogen) atoms. The van der Waals surface area contributed by atoms with Crippen LogP contribution in [0.1, 0.15) is 34.8 Å². The molecule has 2 aromatic heterocycles. The minimum Gasteiger partial charge on any atom is -0.481 e. The average Bonchev–Trinajstić information content (AvgIpc) is 3.04. The van der Waals surface area contributed by atoms with Gasteiger partial charge in [-0.05, 0) is 36.6 Å². The van der Waals surface area contributed by atoms with E-state index in [2.05, 4.69) is 9.97 Å². The number of aromatic nitrogens is 2. The molecule has 1 saturated heterocycles. The molecule has 1 aliphatic rings. The summed E-state index contributed by atoms with van der Waals surface area (Å²) in [4.78, 5) is 22.7. The van der Waals surface area contributed by atoms with Crippen molar-refractivity contribution in [2.45, 2.75) is 18.9 Å². The van der Waals surface area contributed by atoms with Crippen LogP contribution in [0, 0.1) is 0 Å². The summed E-state index contributed by atoms with van der Waals surface area (Å²) in [5, 5.41) is 0. The lowest BCUT2D eigenvalue weighted by atomic mass is 10.1. The van der Waals surface area contributed by atoms with Crippen molar-refractivity contribution in [3.05, 3.63) is 54.0 Å². The van der Waals surface area contributed by atoms with Gasteiger partial charge >= 0.3 is 0 Å². The molecule has 0 bridgehead atoms. The van der Waals surface area contributed by atoms with Crippen LogP contribution in [-0.4, -0.2) is 34.4 Å². The lowest BCUT2D eigenvalue weighted by molar-refractivity contribution is 0.0735. The number of amides is 1. The number of hydrogen-bond acceptors (Lipinski definition) is 4. The molecule has 0 aromatic carbocycles. The summed E-state index contributed by atoms with van der Waals surface area (Å²) in [5.74, 6) is 0.531. The van der Waals surface area contributed by atoms with E-state index in [1.54, 1.807) is 37.8 Å². The Balaban J connectivity index is 1.82. The quantitative estimate of drug-likeness (QED) is 0.868. The predicted octanol–water partition coefficient (Wildman–Crippen LogP) is 2.46. The molecule has 1 amide bonds. The maximum absolute atomic E-state index is 12.7. The monoisotopic (exact) mass is 283 g/mol. The Morgan fingerprint density at radius 1 is 1.29 bits per heavy atom. The predicted molar refractivity (Wildman–Crippen MR) is 78.0 cm³/mol. The molecule has 0 saturated carbocycles. The molecule has 1 atom stereocenters. The summed E-state index contributed by atoms with van der Waals surface area (Å²) < 4.78 is 5.02. The van der Waals surface area contributed by atoms with Gasteiger partial charge in [0.25, 0.3) is 5.91 Å². The second kappa shape index (κ2) is 5.91. The van der Waals surface area contributed by atoms with Gasteiger partial charge in [-0.25, -0.2) is 4.98 Å². The Morgan fingerprint density at radius 3 is 2.76 bits per heavy atom. The molecule has 3 rings (SSSR count). The van der Waals surface area contributed by atoms with E-state index in [0.717, 1.165) is 24.9 Å². The van der Waals surface area contributed by atoms with E-state index in [4.69, 9.17) is 4.74 Å². The maximum atomic E-state index is 12.7. The van der Waals surface area contributed by atoms with Gasteiger partial charge in [0.15, 0.2) is 0 Å². The van der Waals surface area contributed by atoms with E-state index >= 15 is 0 Å². The number of rotatable bonds is 3. The van der Waals surface area contributed by atoms with Crippen molar-refractivity contribution in [1.29, 1.82) is 0 Å². The Kier molecular flexibility index (Phi) is 3.81. The molecular formula is C16H17N3O2. The second-order valence-corrected chi connectivity index (χ2v) is 5.03. The van der Waals surface area contributed by atoms with Crippen molar-refractivity contribution in [1.82, 2.24) is 14.9 Å². The number of methoxy groups -OCH3 is 1. The molecule has 0 spiro atoms. The third-order valence-corrected chi connectivity index (χ3v) is 3.80. The van der Waals surface area contributed by atoms with Gasteiger partial charge in [-0.3, -0.25) is 9.78 Å². The Labute approximate surface area is 123 Å². The highest BCUT2D eigenvalue weighted by Gasteiger charge is 2.30. The number of likely N-dealkylation sites (tertiary alicyclic amines) is 1. The summed E-state index contributed by atoms with van der Waals surface area (Å²) in [6, 6.07) is 7.55. The largest absolute Gasteiger partial charge is 0.481 e. The minimum atomic E-state index is 0.0180. The van der Waals surface area contributed by atoms with Crippen molar-refractivity contribution in [2.24, 2.45) is 0 Å². The van der Waals surface area contributed by atoms with Crippen LogP contribution in [0.15, 0.2) is 42.9 Å². The van der Waals surface area contributed by atoms with E-state index in [-0.39, 0.29) is 11.9 Å². The number of ether oxygens (including phenoxy) is 1.